The topological polar surface area (TPSA) is 75.7 Å². The number of nitrogens with one attached hydrogen (secondary N) is 1. The van der Waals surface area contributed by atoms with Crippen molar-refractivity contribution in [1.29, 1.82) is 0 Å². The number of hydrogen-bond acceptors (Lipinski definition) is 4. The molecule has 0 saturated carbocycles. The lowest BCUT2D eigenvalue weighted by Crippen LogP contribution is -2.30. The third-order valence-electron chi connectivity index (χ3n) is 4.07. The number of anilines is 1. The first kappa shape index (κ1) is 22.2. The number of ether oxygens (including phenoxy) is 1. The van der Waals surface area contributed by atoms with E-state index in [-0.39, 0.29) is 5.91 Å². The van der Waals surface area contributed by atoms with Gasteiger partial charge in [-0.2, -0.15) is 0 Å². The molecule has 0 aliphatic rings. The summed E-state index contributed by atoms with van der Waals surface area (Å²) in [5, 5.41) is 3.18. The molecular weight excluding hydrogens is 392 g/mol. The highest BCUT2D eigenvalue weighted by Crippen LogP contribution is 2.13. The Kier molecular flexibility index (Phi) is 8.43. The normalized spacial score (nSPS) is 10.6. The van der Waals surface area contributed by atoms with Gasteiger partial charge in [0.15, 0.2) is 6.61 Å². The number of nitrogens with zero attached hydrogens (tertiary/aromatic N) is 1. The minimum Gasteiger partial charge on any atom is -0.452 e. The fourth-order valence-electron chi connectivity index (χ4n) is 2.55. The molecule has 2 rings (SSSR count). The lowest BCUT2D eigenvalue weighted by Gasteiger charge is -2.18. The molecule has 0 saturated heterocycles. The van der Waals surface area contributed by atoms with Gasteiger partial charge < -0.3 is 15.0 Å². The third-order valence-corrected chi connectivity index (χ3v) is 4.31. The van der Waals surface area contributed by atoms with E-state index in [0.717, 1.165) is 5.56 Å². The third kappa shape index (κ3) is 7.08. The van der Waals surface area contributed by atoms with Crippen LogP contribution in [0.1, 0.15) is 29.8 Å². The molecule has 0 radical (unpaired) electrons. The molecule has 2 aromatic carbocycles. The van der Waals surface area contributed by atoms with Crippen LogP contribution in [0.4, 0.5) is 5.69 Å². The van der Waals surface area contributed by atoms with Crippen molar-refractivity contribution in [2.24, 2.45) is 0 Å². The number of benzene rings is 2. The molecule has 2 amide bonds. The van der Waals surface area contributed by atoms with Crippen LogP contribution in [0, 0.1) is 0 Å². The second-order valence-electron chi connectivity index (χ2n) is 6.10. The Balaban J connectivity index is 1.83. The fraction of sp³-hybridized carbons (Fsp3) is 0.227. The molecule has 0 heterocycles. The van der Waals surface area contributed by atoms with Crippen LogP contribution in [-0.4, -0.2) is 42.4 Å². The van der Waals surface area contributed by atoms with Gasteiger partial charge in [-0.25, -0.2) is 4.79 Å². The Labute approximate surface area is 175 Å². The fourth-order valence-corrected chi connectivity index (χ4v) is 2.74. The van der Waals surface area contributed by atoms with Crippen molar-refractivity contribution in [2.75, 3.05) is 25.0 Å². The Morgan fingerprint density at radius 3 is 2.38 bits per heavy atom. The van der Waals surface area contributed by atoms with Gasteiger partial charge in [0, 0.05) is 35.4 Å². The maximum atomic E-state index is 12.3. The van der Waals surface area contributed by atoms with E-state index in [0.29, 0.717) is 29.4 Å². The van der Waals surface area contributed by atoms with Gasteiger partial charge in [-0.3, -0.25) is 9.59 Å². The van der Waals surface area contributed by atoms with E-state index in [1.807, 2.05) is 13.8 Å². The SMILES string of the molecule is CCN(CC)C(=O)c1ccc(NC(=O)COC(=O)/C=C/c2cccc(Cl)c2)cc1. The van der Waals surface area contributed by atoms with Gasteiger partial charge in [0.1, 0.15) is 0 Å². The van der Waals surface area contributed by atoms with Gasteiger partial charge in [0.25, 0.3) is 11.8 Å². The minimum atomic E-state index is -0.639. The quantitative estimate of drug-likeness (QED) is 0.523. The molecule has 6 nitrogen and oxygen atoms in total. The zero-order chi connectivity index (χ0) is 21.2. The van der Waals surface area contributed by atoms with Crippen LogP contribution in [0.2, 0.25) is 5.02 Å². The summed E-state index contributed by atoms with van der Waals surface area (Å²) < 4.78 is 4.92. The van der Waals surface area contributed by atoms with Gasteiger partial charge in [-0.05, 0) is 61.9 Å². The van der Waals surface area contributed by atoms with Crippen LogP contribution in [0.25, 0.3) is 6.08 Å². The highest BCUT2D eigenvalue weighted by atomic mass is 35.5. The second kappa shape index (κ2) is 11.0. The van der Waals surface area contributed by atoms with Gasteiger partial charge in [-0.15, -0.1) is 0 Å². The molecule has 0 aliphatic carbocycles. The van der Waals surface area contributed by atoms with Gasteiger partial charge in [-0.1, -0.05) is 23.7 Å². The molecular formula is C22H23ClN2O4. The van der Waals surface area contributed by atoms with E-state index in [4.69, 9.17) is 16.3 Å². The van der Waals surface area contributed by atoms with E-state index in [9.17, 15) is 14.4 Å². The monoisotopic (exact) mass is 414 g/mol. The van der Waals surface area contributed by atoms with Crippen LogP contribution >= 0.6 is 11.6 Å². The highest BCUT2D eigenvalue weighted by Gasteiger charge is 2.12. The number of rotatable bonds is 8. The number of amides is 2. The van der Waals surface area contributed by atoms with Crippen LogP contribution in [0.5, 0.6) is 0 Å². The average Bonchev–Trinajstić information content (AvgIpc) is 2.72. The molecule has 152 valence electrons. The summed E-state index contributed by atoms with van der Waals surface area (Å²) in [4.78, 5) is 37.7. The molecule has 7 heteroatoms. The maximum Gasteiger partial charge on any atom is 0.331 e. The summed E-state index contributed by atoms with van der Waals surface area (Å²) in [7, 11) is 0. The summed E-state index contributed by atoms with van der Waals surface area (Å²) in [5.74, 6) is -1.18. The standard InChI is InChI=1S/C22H23ClN2O4/c1-3-25(4-2)22(28)17-9-11-19(12-10-17)24-20(26)15-29-21(27)13-8-16-6-5-7-18(23)14-16/h5-14H,3-4,15H2,1-2H3,(H,24,26)/b13-8+. The van der Waals surface area contributed by atoms with Crippen molar-refractivity contribution in [3.63, 3.8) is 0 Å². The lowest BCUT2D eigenvalue weighted by molar-refractivity contribution is -0.142. The summed E-state index contributed by atoms with van der Waals surface area (Å²) in [5.41, 5.74) is 1.80. The molecule has 0 spiro atoms. The molecule has 0 atom stereocenters. The first-order chi connectivity index (χ1) is 13.9. The Morgan fingerprint density at radius 1 is 1.07 bits per heavy atom. The molecule has 2 aromatic rings. The van der Waals surface area contributed by atoms with Crippen molar-refractivity contribution in [3.05, 3.63) is 70.8 Å². The van der Waals surface area contributed by atoms with Crippen LogP contribution in [0.15, 0.2) is 54.6 Å². The molecule has 0 aromatic heterocycles. The first-order valence-corrected chi connectivity index (χ1v) is 9.60. The number of carbonyl (C=O) groups excluding carboxylic acids is 3. The van der Waals surface area contributed by atoms with Crippen LogP contribution in [0.3, 0.4) is 0 Å². The zero-order valence-corrected chi connectivity index (χ0v) is 17.1. The molecule has 0 unspecified atom stereocenters. The number of hydrogen-bond donors (Lipinski definition) is 1. The van der Waals surface area contributed by atoms with Crippen molar-refractivity contribution < 1.29 is 19.1 Å². The predicted octanol–water partition coefficient (Wildman–Crippen LogP) is 4.02. The Hall–Kier alpha value is -3.12. The number of carbonyl (C=O) groups is 3. The molecule has 0 fully saturated rings. The van der Waals surface area contributed by atoms with Crippen LogP contribution < -0.4 is 5.32 Å². The van der Waals surface area contributed by atoms with E-state index in [2.05, 4.69) is 5.32 Å². The van der Waals surface area contributed by atoms with Crippen molar-refractivity contribution >= 4 is 41.1 Å². The first-order valence-electron chi connectivity index (χ1n) is 9.22. The summed E-state index contributed by atoms with van der Waals surface area (Å²) in [6, 6.07) is 13.6. The van der Waals surface area contributed by atoms with E-state index < -0.39 is 18.5 Å². The number of esters is 1. The second-order valence-corrected chi connectivity index (χ2v) is 6.54. The largest absolute Gasteiger partial charge is 0.452 e. The van der Waals surface area contributed by atoms with Gasteiger partial charge >= 0.3 is 5.97 Å². The summed E-state index contributed by atoms with van der Waals surface area (Å²) >= 11 is 5.87. The Bertz CT molecular complexity index is 890. The predicted molar refractivity (Wildman–Crippen MR) is 114 cm³/mol. The lowest BCUT2D eigenvalue weighted by atomic mass is 10.2. The maximum absolute atomic E-state index is 12.3. The van der Waals surface area contributed by atoms with Crippen molar-refractivity contribution in [1.82, 2.24) is 4.90 Å². The Morgan fingerprint density at radius 2 is 1.76 bits per heavy atom. The van der Waals surface area contributed by atoms with Crippen LogP contribution in [-0.2, 0) is 14.3 Å². The summed E-state index contributed by atoms with van der Waals surface area (Å²) in [6.45, 7) is 4.68. The minimum absolute atomic E-state index is 0.0618. The van der Waals surface area contributed by atoms with Gasteiger partial charge in [0.2, 0.25) is 0 Å². The van der Waals surface area contributed by atoms with Crippen molar-refractivity contribution in [3.8, 4) is 0 Å². The van der Waals surface area contributed by atoms with E-state index >= 15 is 0 Å². The highest BCUT2D eigenvalue weighted by molar-refractivity contribution is 6.30. The van der Waals surface area contributed by atoms with Crippen molar-refractivity contribution in [2.45, 2.75) is 13.8 Å². The van der Waals surface area contributed by atoms with Gasteiger partial charge in [0.05, 0.1) is 0 Å². The van der Waals surface area contributed by atoms with E-state index in [1.54, 1.807) is 59.5 Å². The molecule has 1 N–H and O–H groups in total. The molecule has 0 bridgehead atoms. The number of halogens is 1. The molecule has 29 heavy (non-hydrogen) atoms. The molecule has 0 aliphatic heterocycles. The average molecular weight is 415 g/mol. The smallest absolute Gasteiger partial charge is 0.331 e. The zero-order valence-electron chi connectivity index (χ0n) is 16.4. The van der Waals surface area contributed by atoms with E-state index in [1.165, 1.54) is 6.08 Å². The summed E-state index contributed by atoms with van der Waals surface area (Å²) in [6.07, 6.45) is 2.78.